The van der Waals surface area contributed by atoms with E-state index < -0.39 is 0 Å². The molecule has 0 fully saturated rings. The minimum absolute atomic E-state index is 0.0132. The van der Waals surface area contributed by atoms with E-state index in [-0.39, 0.29) is 12.5 Å². The maximum Gasteiger partial charge on any atom is 0.153 e. The number of pyridine rings is 1. The molecule has 158 valence electrons. The number of ether oxygens (including phenoxy) is 1. The van der Waals surface area contributed by atoms with Gasteiger partial charge in [0.25, 0.3) is 0 Å². The molecule has 9 nitrogen and oxygen atoms in total. The monoisotopic (exact) mass is 428 g/mol. The molecule has 0 amide bonds. The van der Waals surface area contributed by atoms with Gasteiger partial charge in [0, 0.05) is 30.4 Å². The molecule has 2 aromatic heterocycles. The number of anilines is 2. The van der Waals surface area contributed by atoms with Crippen molar-refractivity contribution in [3.63, 3.8) is 0 Å². The second-order valence-electron chi connectivity index (χ2n) is 6.49. The van der Waals surface area contributed by atoms with Crippen molar-refractivity contribution in [3.05, 3.63) is 65.0 Å². The first kappa shape index (κ1) is 21.8. The second-order valence-corrected chi connectivity index (χ2v) is 7.26. The molecule has 1 aromatic carbocycles. The Bertz CT molecular complexity index is 963. The normalized spacial score (nSPS) is 11.8. The minimum Gasteiger partial charge on any atom is -0.395 e. The van der Waals surface area contributed by atoms with Gasteiger partial charge in [0.15, 0.2) is 5.82 Å². The van der Waals surface area contributed by atoms with Gasteiger partial charge in [0.05, 0.1) is 46.7 Å². The van der Waals surface area contributed by atoms with E-state index in [1.165, 1.54) is 0 Å². The zero-order valence-electron chi connectivity index (χ0n) is 16.8. The lowest BCUT2D eigenvalue weighted by Gasteiger charge is -2.14. The Labute approximate surface area is 179 Å². The Kier molecular flexibility index (Phi) is 7.77. The number of nitroso groups, excluding NO2 is 1. The van der Waals surface area contributed by atoms with Crippen molar-refractivity contribution < 1.29 is 9.84 Å². The molecule has 1 unspecified atom stereocenters. The highest BCUT2D eigenvalue weighted by Gasteiger charge is 2.15. The first-order valence-electron chi connectivity index (χ1n) is 9.39. The van der Waals surface area contributed by atoms with Crippen molar-refractivity contribution in [1.29, 1.82) is 0 Å². The summed E-state index contributed by atoms with van der Waals surface area (Å²) < 4.78 is 9.71. The predicted octanol–water partition coefficient (Wildman–Crippen LogP) is 3.61. The summed E-state index contributed by atoms with van der Waals surface area (Å²) in [5, 5.41) is 19.7. The number of hydrogen-bond acceptors (Lipinski definition) is 9. The van der Waals surface area contributed by atoms with Gasteiger partial charge in [-0.05, 0) is 35.9 Å². The molecule has 0 bridgehead atoms. The number of nitrogens with zero attached hydrogens (tertiary/aromatic N) is 4. The van der Waals surface area contributed by atoms with Gasteiger partial charge in [-0.25, -0.2) is 9.67 Å². The van der Waals surface area contributed by atoms with Crippen LogP contribution in [0.4, 0.5) is 11.4 Å². The van der Waals surface area contributed by atoms with Crippen LogP contribution >= 0.6 is 11.9 Å². The van der Waals surface area contributed by atoms with E-state index in [1.807, 2.05) is 42.6 Å². The van der Waals surface area contributed by atoms with Crippen molar-refractivity contribution >= 4 is 23.3 Å². The fraction of sp³-hybridized carbons (Fsp3) is 0.300. The van der Waals surface area contributed by atoms with Gasteiger partial charge in [-0.3, -0.25) is 0 Å². The third-order valence-corrected chi connectivity index (χ3v) is 5.13. The molecule has 1 atom stereocenters. The van der Waals surface area contributed by atoms with Gasteiger partial charge in [0.1, 0.15) is 6.73 Å². The molecular weight excluding hydrogens is 404 g/mol. The highest BCUT2D eigenvalue weighted by molar-refractivity contribution is 7.98. The Morgan fingerprint density at radius 2 is 2.13 bits per heavy atom. The Morgan fingerprint density at radius 3 is 2.83 bits per heavy atom. The smallest absolute Gasteiger partial charge is 0.153 e. The number of benzene rings is 1. The zero-order valence-corrected chi connectivity index (χ0v) is 17.6. The van der Waals surface area contributed by atoms with Gasteiger partial charge < -0.3 is 20.5 Å². The van der Waals surface area contributed by atoms with E-state index in [2.05, 4.69) is 32.2 Å². The van der Waals surface area contributed by atoms with Gasteiger partial charge in [-0.1, -0.05) is 13.0 Å². The number of rotatable bonds is 11. The van der Waals surface area contributed by atoms with E-state index in [0.29, 0.717) is 19.1 Å². The Hall–Kier alpha value is -2.95. The number of aliphatic hydroxyl groups is 1. The summed E-state index contributed by atoms with van der Waals surface area (Å²) in [7, 11) is 1.60. The van der Waals surface area contributed by atoms with E-state index in [9.17, 15) is 4.91 Å². The summed E-state index contributed by atoms with van der Waals surface area (Å²) in [5.41, 5.74) is 3.53. The van der Waals surface area contributed by atoms with Gasteiger partial charge in [-0.2, -0.15) is 5.10 Å². The topological polar surface area (TPSA) is 114 Å². The van der Waals surface area contributed by atoms with Crippen LogP contribution in [0.3, 0.4) is 0 Å². The average molecular weight is 429 g/mol. The molecule has 10 heteroatoms. The summed E-state index contributed by atoms with van der Waals surface area (Å²) >= 11 is 0.882. The zero-order chi connectivity index (χ0) is 21.3. The van der Waals surface area contributed by atoms with Crippen LogP contribution in [0.15, 0.2) is 58.3 Å². The maximum absolute atomic E-state index is 10.8. The van der Waals surface area contributed by atoms with E-state index >= 15 is 0 Å². The molecule has 0 radical (unpaired) electrons. The van der Waals surface area contributed by atoms with Crippen LogP contribution in [0.25, 0.3) is 5.82 Å². The highest BCUT2D eigenvalue weighted by Crippen LogP contribution is 2.33. The summed E-state index contributed by atoms with van der Waals surface area (Å²) in [6, 6.07) is 11.6. The van der Waals surface area contributed by atoms with E-state index in [0.717, 1.165) is 39.5 Å². The van der Waals surface area contributed by atoms with Gasteiger partial charge in [-0.15, -0.1) is 4.91 Å². The quantitative estimate of drug-likeness (QED) is 0.241. The standard InChI is InChI=1S/C20H24N6O3S/c1-14(15-3-5-18(23-13-29-2)19(11-15)30-25-28)17-7-9-26(24-17)20-6-4-16(12-22-20)21-8-10-27/h3-7,9,11-12,14,21,23,27H,8,10,13H2,1-2H3. The molecule has 0 aliphatic heterocycles. The summed E-state index contributed by atoms with van der Waals surface area (Å²) in [5.74, 6) is 0.711. The molecule has 30 heavy (non-hydrogen) atoms. The number of nitrogens with one attached hydrogen (secondary N) is 2. The molecule has 2 heterocycles. The first-order valence-corrected chi connectivity index (χ1v) is 10.2. The average Bonchev–Trinajstić information content (AvgIpc) is 3.27. The lowest BCUT2D eigenvalue weighted by molar-refractivity contribution is 0.221. The van der Waals surface area contributed by atoms with Crippen LogP contribution in [0.5, 0.6) is 0 Å². The van der Waals surface area contributed by atoms with Crippen LogP contribution in [-0.2, 0) is 4.74 Å². The summed E-state index contributed by atoms with van der Waals surface area (Å²) in [4.78, 5) is 16.0. The molecule has 3 aromatic rings. The number of methoxy groups -OCH3 is 1. The Morgan fingerprint density at radius 1 is 1.27 bits per heavy atom. The second kappa shape index (κ2) is 10.7. The van der Waals surface area contributed by atoms with E-state index in [4.69, 9.17) is 9.84 Å². The summed E-state index contributed by atoms with van der Waals surface area (Å²) in [6.07, 6.45) is 3.57. The van der Waals surface area contributed by atoms with Crippen molar-refractivity contribution in [1.82, 2.24) is 14.8 Å². The van der Waals surface area contributed by atoms with Crippen LogP contribution in [0, 0.1) is 4.91 Å². The van der Waals surface area contributed by atoms with Crippen molar-refractivity contribution in [2.24, 2.45) is 4.58 Å². The maximum atomic E-state index is 10.8. The van der Waals surface area contributed by atoms with Crippen LogP contribution in [-0.4, -0.2) is 46.9 Å². The molecule has 3 N–H and O–H groups in total. The predicted molar refractivity (Wildman–Crippen MR) is 118 cm³/mol. The molecule has 0 saturated carbocycles. The number of aliphatic hydroxyl groups excluding tert-OH is 1. The molecule has 0 aliphatic rings. The van der Waals surface area contributed by atoms with Crippen LogP contribution in [0.1, 0.15) is 24.1 Å². The van der Waals surface area contributed by atoms with Crippen molar-refractivity contribution in [3.8, 4) is 5.82 Å². The molecule has 0 spiro atoms. The fourth-order valence-corrected chi connectivity index (χ4v) is 3.42. The largest absolute Gasteiger partial charge is 0.395 e. The highest BCUT2D eigenvalue weighted by atomic mass is 32.2. The summed E-state index contributed by atoms with van der Waals surface area (Å²) in [6.45, 7) is 2.94. The van der Waals surface area contributed by atoms with Crippen molar-refractivity contribution in [2.75, 3.05) is 37.6 Å². The lowest BCUT2D eigenvalue weighted by atomic mass is 9.98. The molecule has 0 saturated heterocycles. The number of hydrogen-bond donors (Lipinski definition) is 3. The SMILES string of the molecule is COCNc1ccc(C(C)c2ccn(-c3ccc(NCCO)cn3)n2)cc1SN=O. The van der Waals surface area contributed by atoms with Gasteiger partial charge >= 0.3 is 0 Å². The lowest BCUT2D eigenvalue weighted by Crippen LogP contribution is -2.07. The van der Waals surface area contributed by atoms with Gasteiger partial charge in [0.2, 0.25) is 0 Å². The van der Waals surface area contributed by atoms with Crippen molar-refractivity contribution in [2.45, 2.75) is 17.7 Å². The Balaban J connectivity index is 1.77. The number of aromatic nitrogens is 3. The third kappa shape index (κ3) is 5.35. The van der Waals surface area contributed by atoms with Crippen LogP contribution in [0.2, 0.25) is 0 Å². The minimum atomic E-state index is 0.0132. The molecular formula is C20H24N6O3S. The molecule has 0 aliphatic carbocycles. The van der Waals surface area contributed by atoms with Crippen LogP contribution < -0.4 is 10.6 Å². The first-order chi connectivity index (χ1) is 14.7. The van der Waals surface area contributed by atoms with E-state index in [1.54, 1.807) is 18.0 Å². The fourth-order valence-electron chi connectivity index (χ4n) is 2.91. The third-order valence-electron chi connectivity index (χ3n) is 4.53. The molecule has 3 rings (SSSR count).